The molecule has 152 valence electrons. The number of quaternary nitrogens is 1. The summed E-state index contributed by atoms with van der Waals surface area (Å²) in [6, 6.07) is 6.02. The zero-order valence-electron chi connectivity index (χ0n) is 17.0. The summed E-state index contributed by atoms with van der Waals surface area (Å²) in [5.41, 5.74) is 9.17. The summed E-state index contributed by atoms with van der Waals surface area (Å²) in [7, 11) is 5.20. The molecule has 1 aromatic heterocycles. The van der Waals surface area contributed by atoms with Crippen LogP contribution in [0.2, 0.25) is 0 Å². The second kappa shape index (κ2) is 9.57. The number of carbonyl (C=O) groups excluding carboxylic acids is 2. The number of methoxy groups -OCH3 is 1. The number of hydrogen-bond acceptors (Lipinski definition) is 6. The molecule has 4 N–H and O–H groups in total. The Hall–Kier alpha value is -2.58. The largest absolute Gasteiger partial charge is 0.496 e. The number of nitrogens with two attached hydrogens (primary N) is 1. The summed E-state index contributed by atoms with van der Waals surface area (Å²) in [5, 5.41) is 2.92. The van der Waals surface area contributed by atoms with Crippen LogP contribution in [-0.2, 0) is 17.8 Å². The Morgan fingerprint density at radius 2 is 2.00 bits per heavy atom. The fraction of sp³-hybridized carbons (Fsp3) is 0.400. The lowest BCUT2D eigenvalue weighted by atomic mass is 10.1. The predicted molar refractivity (Wildman–Crippen MR) is 110 cm³/mol. The first-order valence-electron chi connectivity index (χ1n) is 9.07. The molecule has 0 fully saturated rings. The number of thiophene rings is 1. The van der Waals surface area contributed by atoms with E-state index >= 15 is 0 Å². The van der Waals surface area contributed by atoms with Crippen LogP contribution in [0.1, 0.15) is 43.6 Å². The van der Waals surface area contributed by atoms with E-state index < -0.39 is 5.97 Å². The van der Waals surface area contributed by atoms with Gasteiger partial charge in [-0.05, 0) is 26.0 Å². The molecule has 0 radical (unpaired) electrons. The van der Waals surface area contributed by atoms with E-state index in [4.69, 9.17) is 15.2 Å². The summed E-state index contributed by atoms with van der Waals surface area (Å²) in [4.78, 5) is 26.3. The van der Waals surface area contributed by atoms with Crippen molar-refractivity contribution in [3.05, 3.63) is 45.3 Å². The number of benzene rings is 1. The standard InChI is InChI=1S/C20H27N3O4S/c1-6-27-20(25)16-14(17(19(24)22-3)28-18(16)21)11-23(4)10-13-9-12(2)7-8-15(13)26-5/h7-9H,6,10-11,21H2,1-5H3,(H,22,24)/p+1. The molecule has 2 rings (SSSR count). The smallest absolute Gasteiger partial charge is 0.341 e. The van der Waals surface area contributed by atoms with Gasteiger partial charge in [0.05, 0.1) is 20.8 Å². The average molecular weight is 407 g/mol. The molecule has 1 heterocycles. The van der Waals surface area contributed by atoms with Gasteiger partial charge in [0.25, 0.3) is 5.91 Å². The van der Waals surface area contributed by atoms with E-state index in [1.807, 2.05) is 26.1 Å². The maximum Gasteiger partial charge on any atom is 0.341 e. The van der Waals surface area contributed by atoms with Crippen molar-refractivity contribution in [3.8, 4) is 5.75 Å². The van der Waals surface area contributed by atoms with Crippen molar-refractivity contribution < 1.29 is 24.0 Å². The summed E-state index contributed by atoms with van der Waals surface area (Å²) in [6.45, 7) is 5.12. The molecule has 1 aromatic carbocycles. The third kappa shape index (κ3) is 4.82. The second-order valence-corrected chi connectivity index (χ2v) is 7.63. The third-order valence-electron chi connectivity index (χ3n) is 4.35. The first-order valence-corrected chi connectivity index (χ1v) is 9.89. The number of rotatable bonds is 8. The summed E-state index contributed by atoms with van der Waals surface area (Å²) in [6.07, 6.45) is 0. The van der Waals surface area contributed by atoms with Crippen LogP contribution in [-0.4, -0.2) is 39.7 Å². The number of hydrogen-bond donors (Lipinski definition) is 3. The predicted octanol–water partition coefficient (Wildman–Crippen LogP) is 1.40. The minimum absolute atomic E-state index is 0.242. The van der Waals surface area contributed by atoms with Gasteiger partial charge in [0.2, 0.25) is 0 Å². The maximum absolute atomic E-state index is 12.4. The van der Waals surface area contributed by atoms with E-state index in [2.05, 4.69) is 11.4 Å². The number of anilines is 1. The van der Waals surface area contributed by atoms with Crippen LogP contribution < -0.4 is 20.7 Å². The van der Waals surface area contributed by atoms with Gasteiger partial charge in [-0.15, -0.1) is 11.3 Å². The first-order chi connectivity index (χ1) is 13.3. The lowest BCUT2D eigenvalue weighted by molar-refractivity contribution is -0.907. The second-order valence-electron chi connectivity index (χ2n) is 6.57. The van der Waals surface area contributed by atoms with Crippen molar-refractivity contribution in [2.24, 2.45) is 0 Å². The van der Waals surface area contributed by atoms with Crippen LogP contribution in [0.15, 0.2) is 18.2 Å². The van der Waals surface area contributed by atoms with E-state index in [-0.39, 0.29) is 12.5 Å². The van der Waals surface area contributed by atoms with Crippen molar-refractivity contribution in [1.82, 2.24) is 5.32 Å². The van der Waals surface area contributed by atoms with E-state index in [1.165, 1.54) is 0 Å². The van der Waals surface area contributed by atoms with Crippen molar-refractivity contribution >= 4 is 28.2 Å². The van der Waals surface area contributed by atoms with Crippen LogP contribution >= 0.6 is 11.3 Å². The molecular formula is C20H28N3O4S+. The van der Waals surface area contributed by atoms with Gasteiger partial charge in [-0.3, -0.25) is 4.79 Å². The number of amides is 1. The first kappa shape index (κ1) is 21.7. The van der Waals surface area contributed by atoms with Gasteiger partial charge >= 0.3 is 5.97 Å². The highest BCUT2D eigenvalue weighted by Crippen LogP contribution is 2.31. The fourth-order valence-corrected chi connectivity index (χ4v) is 4.13. The topological polar surface area (TPSA) is 95.1 Å². The minimum atomic E-state index is -0.498. The van der Waals surface area contributed by atoms with Gasteiger partial charge in [0.1, 0.15) is 34.3 Å². The Kier molecular flexibility index (Phi) is 7.42. The Morgan fingerprint density at radius 1 is 1.29 bits per heavy atom. The zero-order valence-corrected chi connectivity index (χ0v) is 17.8. The van der Waals surface area contributed by atoms with Crippen LogP contribution in [0, 0.1) is 6.92 Å². The summed E-state index contributed by atoms with van der Waals surface area (Å²) < 4.78 is 10.6. The minimum Gasteiger partial charge on any atom is -0.496 e. The number of carbonyl (C=O) groups is 2. The Labute approximate surface area is 169 Å². The molecular weight excluding hydrogens is 378 g/mol. The van der Waals surface area contributed by atoms with Crippen LogP contribution in [0.3, 0.4) is 0 Å². The highest BCUT2D eigenvalue weighted by molar-refractivity contribution is 7.18. The number of ether oxygens (including phenoxy) is 2. The van der Waals surface area contributed by atoms with E-state index in [9.17, 15) is 9.59 Å². The maximum atomic E-state index is 12.4. The van der Waals surface area contributed by atoms with Gasteiger partial charge in [0.15, 0.2) is 0 Å². The number of nitrogens with one attached hydrogen (secondary N) is 2. The lowest BCUT2D eigenvalue weighted by Gasteiger charge is -2.17. The SMILES string of the molecule is CCOC(=O)c1c(N)sc(C(=O)NC)c1C[NH+](C)Cc1cc(C)ccc1OC. The Balaban J connectivity index is 2.37. The summed E-state index contributed by atoms with van der Waals surface area (Å²) in [5.74, 6) is 0.0532. The van der Waals surface area contributed by atoms with Crippen molar-refractivity contribution in [2.45, 2.75) is 26.9 Å². The van der Waals surface area contributed by atoms with Gasteiger partial charge in [-0.25, -0.2) is 4.79 Å². The molecule has 0 aliphatic rings. The van der Waals surface area contributed by atoms with Crippen molar-refractivity contribution in [1.29, 1.82) is 0 Å². The molecule has 1 atom stereocenters. The molecule has 1 amide bonds. The van der Waals surface area contributed by atoms with Crippen LogP contribution in [0.5, 0.6) is 5.75 Å². The van der Waals surface area contributed by atoms with Crippen molar-refractivity contribution in [3.63, 3.8) is 0 Å². The van der Waals surface area contributed by atoms with Gasteiger partial charge in [0, 0.05) is 18.2 Å². The average Bonchev–Trinajstić information content (AvgIpc) is 2.97. The Bertz CT molecular complexity index is 863. The molecule has 8 heteroatoms. The van der Waals surface area contributed by atoms with E-state index in [0.717, 1.165) is 33.1 Å². The highest BCUT2D eigenvalue weighted by atomic mass is 32.1. The highest BCUT2D eigenvalue weighted by Gasteiger charge is 2.28. The molecule has 0 saturated heterocycles. The Morgan fingerprint density at radius 3 is 2.61 bits per heavy atom. The zero-order chi connectivity index (χ0) is 20.8. The number of esters is 1. The van der Waals surface area contributed by atoms with Gasteiger partial charge < -0.3 is 25.4 Å². The van der Waals surface area contributed by atoms with Gasteiger partial charge in [-0.1, -0.05) is 11.6 Å². The molecule has 7 nitrogen and oxygen atoms in total. The molecule has 0 aliphatic heterocycles. The number of aryl methyl sites for hydroxylation is 1. The molecule has 0 saturated carbocycles. The molecule has 2 aromatic rings. The van der Waals surface area contributed by atoms with Gasteiger partial charge in [-0.2, -0.15) is 0 Å². The molecule has 0 bridgehead atoms. The fourth-order valence-electron chi connectivity index (χ4n) is 3.11. The molecule has 0 spiro atoms. The number of nitrogen functional groups attached to an aromatic ring is 1. The van der Waals surface area contributed by atoms with E-state index in [0.29, 0.717) is 34.1 Å². The van der Waals surface area contributed by atoms with Crippen LogP contribution in [0.25, 0.3) is 0 Å². The lowest BCUT2D eigenvalue weighted by Crippen LogP contribution is -3.06. The molecule has 0 aliphatic carbocycles. The normalized spacial score (nSPS) is 11.8. The van der Waals surface area contributed by atoms with Crippen molar-refractivity contribution in [2.75, 3.05) is 33.5 Å². The monoisotopic (exact) mass is 406 g/mol. The third-order valence-corrected chi connectivity index (χ3v) is 5.41. The summed E-state index contributed by atoms with van der Waals surface area (Å²) >= 11 is 1.11. The van der Waals surface area contributed by atoms with Crippen LogP contribution in [0.4, 0.5) is 5.00 Å². The quantitative estimate of drug-likeness (QED) is 0.576. The molecule has 1 unspecified atom stereocenters. The molecule has 28 heavy (non-hydrogen) atoms. The van der Waals surface area contributed by atoms with E-state index in [1.54, 1.807) is 21.1 Å².